The molecule has 2 aromatic carbocycles. The minimum atomic E-state index is -0.876. The molecule has 7 nitrogen and oxygen atoms in total. The zero-order chi connectivity index (χ0) is 24.4. The Labute approximate surface area is 195 Å². The first-order valence-corrected chi connectivity index (χ1v) is 10.8. The van der Waals surface area contributed by atoms with E-state index < -0.39 is 30.2 Å². The third-order valence-corrected chi connectivity index (χ3v) is 5.89. The van der Waals surface area contributed by atoms with Crippen molar-refractivity contribution >= 4 is 17.3 Å². The highest BCUT2D eigenvalue weighted by Crippen LogP contribution is 2.34. The van der Waals surface area contributed by atoms with Crippen LogP contribution in [-0.4, -0.2) is 33.2 Å². The molecule has 34 heavy (non-hydrogen) atoms. The average Bonchev–Trinajstić information content (AvgIpc) is 3.15. The highest BCUT2D eigenvalue weighted by molar-refractivity contribution is 5.96. The number of aliphatic hydroxyl groups is 1. The van der Waals surface area contributed by atoms with Crippen molar-refractivity contribution in [1.29, 1.82) is 0 Å². The van der Waals surface area contributed by atoms with E-state index in [1.807, 2.05) is 20.2 Å². The van der Waals surface area contributed by atoms with Crippen molar-refractivity contribution < 1.29 is 18.7 Å². The van der Waals surface area contributed by atoms with Crippen LogP contribution in [-0.2, 0) is 7.05 Å². The molecule has 1 aliphatic rings. The van der Waals surface area contributed by atoms with Gasteiger partial charge in [-0.25, -0.2) is 13.8 Å². The van der Waals surface area contributed by atoms with Gasteiger partial charge in [-0.2, -0.15) is 5.10 Å². The molecule has 0 spiro atoms. The van der Waals surface area contributed by atoms with Crippen LogP contribution in [0.4, 0.5) is 8.78 Å². The molecule has 1 aromatic heterocycles. The summed E-state index contributed by atoms with van der Waals surface area (Å²) in [4.78, 5) is 17.0. The number of allylic oxidation sites excluding steroid dienone is 1. The second-order valence-corrected chi connectivity index (χ2v) is 8.27. The zero-order valence-electron chi connectivity index (χ0n) is 18.8. The molecular formula is C25H25F2N5O2. The number of carbonyl (C=O) groups is 1. The number of amides is 1. The van der Waals surface area contributed by atoms with Gasteiger partial charge in [0.1, 0.15) is 17.5 Å². The number of benzene rings is 2. The van der Waals surface area contributed by atoms with E-state index in [0.717, 1.165) is 16.8 Å². The van der Waals surface area contributed by atoms with E-state index in [2.05, 4.69) is 15.4 Å². The molecule has 0 saturated carbocycles. The lowest BCUT2D eigenvalue weighted by molar-refractivity contribution is 0.0912. The minimum absolute atomic E-state index is 0.191. The molecular weight excluding hydrogens is 440 g/mol. The molecule has 4 N–H and O–H groups in total. The van der Waals surface area contributed by atoms with Gasteiger partial charge in [0, 0.05) is 30.9 Å². The summed E-state index contributed by atoms with van der Waals surface area (Å²) in [5, 5.41) is 16.6. The van der Waals surface area contributed by atoms with E-state index in [4.69, 9.17) is 5.73 Å². The maximum absolute atomic E-state index is 15.0. The second kappa shape index (κ2) is 9.56. The van der Waals surface area contributed by atoms with Crippen LogP contribution >= 0.6 is 0 Å². The van der Waals surface area contributed by atoms with Crippen molar-refractivity contribution in [3.63, 3.8) is 0 Å². The van der Waals surface area contributed by atoms with Crippen molar-refractivity contribution in [3.05, 3.63) is 94.4 Å². The molecule has 4 rings (SSSR count). The highest BCUT2D eigenvalue weighted by Gasteiger charge is 2.25. The van der Waals surface area contributed by atoms with Crippen molar-refractivity contribution in [2.24, 2.45) is 17.8 Å². The Kier molecular flexibility index (Phi) is 6.56. The number of carbonyl (C=O) groups excluding carboxylic acids is 1. The van der Waals surface area contributed by atoms with Crippen LogP contribution in [0, 0.1) is 18.6 Å². The number of halogens is 2. The van der Waals surface area contributed by atoms with Gasteiger partial charge < -0.3 is 16.2 Å². The van der Waals surface area contributed by atoms with Gasteiger partial charge in [-0.05, 0) is 54.3 Å². The number of aryl methyl sites for hydroxylation is 2. The largest absolute Gasteiger partial charge is 0.394 e. The Bertz CT molecular complexity index is 1300. The summed E-state index contributed by atoms with van der Waals surface area (Å²) in [5.74, 6) is -1.95. The van der Waals surface area contributed by atoms with E-state index >= 15 is 0 Å². The van der Waals surface area contributed by atoms with Crippen molar-refractivity contribution in [2.45, 2.75) is 25.3 Å². The van der Waals surface area contributed by atoms with E-state index in [-0.39, 0.29) is 11.5 Å². The second-order valence-electron chi connectivity index (χ2n) is 8.27. The summed E-state index contributed by atoms with van der Waals surface area (Å²) in [6.45, 7) is 1.44. The fraction of sp³-hybridized carbons (Fsp3) is 0.240. The Morgan fingerprint density at radius 1 is 1.29 bits per heavy atom. The summed E-state index contributed by atoms with van der Waals surface area (Å²) in [6, 6.07) is 8.93. The third kappa shape index (κ3) is 4.74. The number of nitrogens with two attached hydrogens (primary N) is 1. The topological polar surface area (TPSA) is 106 Å². The van der Waals surface area contributed by atoms with Gasteiger partial charge in [-0.1, -0.05) is 18.2 Å². The number of aromatic nitrogens is 2. The lowest BCUT2D eigenvalue weighted by Crippen LogP contribution is -2.31. The van der Waals surface area contributed by atoms with Crippen LogP contribution in [0.25, 0.3) is 5.57 Å². The summed E-state index contributed by atoms with van der Waals surface area (Å²) in [6.07, 6.45) is 4.12. The van der Waals surface area contributed by atoms with Crippen LogP contribution in [0.15, 0.2) is 59.9 Å². The first-order valence-electron chi connectivity index (χ1n) is 10.8. The minimum Gasteiger partial charge on any atom is -0.394 e. The lowest BCUT2D eigenvalue weighted by Gasteiger charge is -2.22. The molecule has 2 atom stereocenters. The molecule has 0 aliphatic carbocycles. The molecule has 1 aliphatic heterocycles. The number of hydrogen-bond donors (Lipinski definition) is 3. The molecule has 0 saturated heterocycles. The molecule has 1 unspecified atom stereocenters. The monoisotopic (exact) mass is 465 g/mol. The number of aliphatic hydroxyl groups excluding tert-OH is 1. The van der Waals surface area contributed by atoms with E-state index in [1.165, 1.54) is 30.3 Å². The number of nitrogens with one attached hydrogen (secondary N) is 1. The van der Waals surface area contributed by atoms with E-state index in [1.54, 1.807) is 23.0 Å². The quantitative estimate of drug-likeness (QED) is 0.519. The third-order valence-electron chi connectivity index (χ3n) is 5.89. The maximum Gasteiger partial charge on any atom is 0.254 e. The fourth-order valence-corrected chi connectivity index (χ4v) is 4.13. The molecule has 176 valence electrons. The van der Waals surface area contributed by atoms with Crippen molar-refractivity contribution in [3.8, 4) is 0 Å². The maximum atomic E-state index is 15.0. The van der Waals surface area contributed by atoms with Crippen LogP contribution in [0.2, 0.25) is 0 Å². The smallest absolute Gasteiger partial charge is 0.254 e. The number of amidine groups is 1. The number of rotatable bonds is 6. The standard InChI is InChI=1S/C25H25F2N5O2/c1-14-21(12-32(2)31-14)17-9-20(24(28)29-11-17)15-6-7-19(22(27)10-15)25(34)30-23(13-33)16-4-3-5-18(26)8-16/h3-8,10-12,20,23,33H,9,13H2,1-2H3,(H2,28,29)(H,30,34)/t20?,23-/m1/s1. The highest BCUT2D eigenvalue weighted by atomic mass is 19.1. The molecule has 2 heterocycles. The average molecular weight is 466 g/mol. The number of nitrogens with zero attached hydrogens (tertiary/aromatic N) is 3. The van der Waals surface area contributed by atoms with Gasteiger partial charge >= 0.3 is 0 Å². The lowest BCUT2D eigenvalue weighted by atomic mass is 9.86. The first kappa shape index (κ1) is 23.3. The van der Waals surface area contributed by atoms with Crippen molar-refractivity contribution in [2.75, 3.05) is 6.61 Å². The fourth-order valence-electron chi connectivity index (χ4n) is 4.13. The summed E-state index contributed by atoms with van der Waals surface area (Å²) >= 11 is 0. The molecule has 0 fully saturated rings. The Morgan fingerprint density at radius 3 is 2.74 bits per heavy atom. The normalized spacial score (nSPS) is 16.6. The van der Waals surface area contributed by atoms with E-state index in [0.29, 0.717) is 23.4 Å². The van der Waals surface area contributed by atoms with Gasteiger partial charge in [-0.15, -0.1) is 0 Å². The predicted molar refractivity (Wildman–Crippen MR) is 125 cm³/mol. The summed E-state index contributed by atoms with van der Waals surface area (Å²) in [7, 11) is 1.84. The van der Waals surface area contributed by atoms with Gasteiger partial charge in [0.15, 0.2) is 0 Å². The first-order chi connectivity index (χ1) is 16.3. The Morgan fingerprint density at radius 2 is 2.09 bits per heavy atom. The molecule has 3 aromatic rings. The van der Waals surface area contributed by atoms with Crippen LogP contribution < -0.4 is 11.1 Å². The zero-order valence-corrected chi connectivity index (χ0v) is 18.8. The summed E-state index contributed by atoms with van der Waals surface area (Å²) < 4.78 is 30.2. The van der Waals surface area contributed by atoms with Crippen molar-refractivity contribution in [1.82, 2.24) is 15.1 Å². The van der Waals surface area contributed by atoms with Crippen LogP contribution in [0.5, 0.6) is 0 Å². The molecule has 0 radical (unpaired) electrons. The Balaban J connectivity index is 1.53. The van der Waals surface area contributed by atoms with Gasteiger partial charge in [-0.3, -0.25) is 9.48 Å². The van der Waals surface area contributed by atoms with Crippen LogP contribution in [0.3, 0.4) is 0 Å². The molecule has 1 amide bonds. The summed E-state index contributed by atoms with van der Waals surface area (Å²) in [5.41, 5.74) is 9.65. The van der Waals surface area contributed by atoms with E-state index in [9.17, 15) is 18.7 Å². The van der Waals surface area contributed by atoms with Gasteiger partial charge in [0.05, 0.1) is 23.9 Å². The van der Waals surface area contributed by atoms with Crippen LogP contribution in [0.1, 0.15) is 51.1 Å². The number of aliphatic imine (C=N–C) groups is 1. The molecule has 0 bridgehead atoms. The van der Waals surface area contributed by atoms with Gasteiger partial charge in [0.2, 0.25) is 0 Å². The number of hydrogen-bond acceptors (Lipinski definition) is 5. The van der Waals surface area contributed by atoms with Gasteiger partial charge in [0.25, 0.3) is 5.91 Å². The predicted octanol–water partition coefficient (Wildman–Crippen LogP) is 3.36. The SMILES string of the molecule is Cc1nn(C)cc1C1=CN=C(N)C(c2ccc(C(=O)N[C@H](CO)c3cccc(F)c3)c(F)c2)C1. The Hall–Kier alpha value is -3.85. The molecule has 9 heteroatoms.